The molecule has 1 saturated heterocycles. The maximum atomic E-state index is 6.66. The monoisotopic (exact) mass is 687 g/mol. The van der Waals surface area contributed by atoms with Crippen molar-refractivity contribution in [1.82, 2.24) is 19.5 Å². The maximum absolute atomic E-state index is 6.66. The van der Waals surface area contributed by atoms with Crippen molar-refractivity contribution in [3.8, 4) is 0 Å². The van der Waals surface area contributed by atoms with E-state index in [-0.39, 0.29) is 33.5 Å². The number of hydrogen-bond donors (Lipinski definition) is 3. The molecule has 1 aliphatic rings. The molecule has 2 aromatic heterocycles. The summed E-state index contributed by atoms with van der Waals surface area (Å²) < 4.78 is 27.0. The smallest absolute Gasteiger partial charge is 0.241 e. The van der Waals surface area contributed by atoms with Gasteiger partial charge in [0.25, 0.3) is 0 Å². The molecule has 0 radical (unpaired) electrons. The first-order valence-electron chi connectivity index (χ1n) is 15.4. The van der Waals surface area contributed by atoms with Gasteiger partial charge in [0.05, 0.1) is 6.33 Å². The fraction of sp³-hybridized carbons (Fsp3) is 0.821. The Bertz CT molecular complexity index is 1310. The molecule has 17 heteroatoms. The lowest BCUT2D eigenvalue weighted by molar-refractivity contribution is -0.338. The van der Waals surface area contributed by atoms with Gasteiger partial charge in [-0.25, -0.2) is 25.5 Å². The summed E-state index contributed by atoms with van der Waals surface area (Å²) in [4.78, 5) is 31.8. The average molecular weight is 688 g/mol. The number of nitrogens with zero attached hydrogens (tertiary/aromatic N) is 4. The van der Waals surface area contributed by atoms with Crippen molar-refractivity contribution >= 4 is 47.9 Å². The molecule has 14 nitrogen and oxygen atoms in total. The van der Waals surface area contributed by atoms with E-state index < -0.39 is 49.5 Å². The van der Waals surface area contributed by atoms with Crippen molar-refractivity contribution < 1.29 is 33.1 Å². The molecule has 5 N–H and O–H groups in total. The van der Waals surface area contributed by atoms with Crippen molar-refractivity contribution in [1.29, 1.82) is 0 Å². The Hall–Kier alpha value is -1.52. The quantitative estimate of drug-likeness (QED) is 0.0999. The molecule has 2 aromatic rings. The van der Waals surface area contributed by atoms with Crippen molar-refractivity contribution in [2.45, 2.75) is 141 Å². The molecule has 45 heavy (non-hydrogen) atoms. The first-order valence-corrected chi connectivity index (χ1v) is 24.2. The number of imidazole rings is 1. The molecule has 1 fully saturated rings. The van der Waals surface area contributed by atoms with E-state index in [1.807, 2.05) is 0 Å². The van der Waals surface area contributed by atoms with Crippen LogP contribution in [0.4, 0.5) is 11.8 Å². The molecule has 4 atom stereocenters. The number of nitrogens with two attached hydrogens (primary N) is 2. The van der Waals surface area contributed by atoms with Gasteiger partial charge in [-0.2, -0.15) is 9.97 Å². The Morgan fingerprint density at radius 3 is 1.78 bits per heavy atom. The zero-order chi connectivity index (χ0) is 34.4. The Balaban J connectivity index is 2.07. The summed E-state index contributed by atoms with van der Waals surface area (Å²) in [6.45, 7) is 32.0. The number of hydrogen-bond acceptors (Lipinski definition) is 13. The number of rotatable bonds is 12. The van der Waals surface area contributed by atoms with Crippen LogP contribution in [0.1, 0.15) is 68.5 Å². The van der Waals surface area contributed by atoms with E-state index in [1.165, 1.54) is 0 Å². The minimum atomic E-state index is -2.39. The van der Waals surface area contributed by atoms with E-state index in [4.69, 9.17) is 44.7 Å². The molecular weight excluding hydrogens is 631 g/mol. The zero-order valence-corrected chi connectivity index (χ0v) is 32.9. The predicted molar refractivity (Wildman–Crippen MR) is 182 cm³/mol. The van der Waals surface area contributed by atoms with Gasteiger partial charge in [-0.3, -0.25) is 23.7 Å². The number of aromatic nitrogens is 4. The Morgan fingerprint density at radius 1 is 0.800 bits per heavy atom. The van der Waals surface area contributed by atoms with E-state index in [0.29, 0.717) is 11.2 Å². The van der Waals surface area contributed by atoms with Crippen LogP contribution in [0, 0.1) is 0 Å². The summed E-state index contributed by atoms with van der Waals surface area (Å²) in [5.41, 5.74) is 9.42. The minimum absolute atomic E-state index is 0.0495. The third-order valence-electron chi connectivity index (χ3n) is 9.79. The highest BCUT2D eigenvalue weighted by atomic mass is 28.4. The van der Waals surface area contributed by atoms with Gasteiger partial charge in [0.15, 0.2) is 29.9 Å². The van der Waals surface area contributed by atoms with Crippen molar-refractivity contribution in [2.24, 2.45) is 5.84 Å². The van der Waals surface area contributed by atoms with Gasteiger partial charge in [0.2, 0.25) is 30.9 Å². The highest BCUT2D eigenvalue weighted by molar-refractivity contribution is 6.74. The van der Waals surface area contributed by atoms with Gasteiger partial charge in [-0.15, -0.1) is 0 Å². The molecule has 0 bridgehead atoms. The molecule has 3 rings (SSSR count). The Morgan fingerprint density at radius 2 is 1.29 bits per heavy atom. The molecule has 0 spiro atoms. The summed E-state index contributed by atoms with van der Waals surface area (Å²) >= 11 is 0. The molecular formula is C28H57N7O7Si3. The van der Waals surface area contributed by atoms with Crippen LogP contribution in [0.3, 0.4) is 0 Å². The van der Waals surface area contributed by atoms with E-state index in [2.05, 4.69) is 122 Å². The molecule has 0 unspecified atom stereocenters. The van der Waals surface area contributed by atoms with Crippen LogP contribution in [-0.2, 0) is 33.1 Å². The summed E-state index contributed by atoms with van der Waals surface area (Å²) in [7, 11) is -6.99. The third-order valence-corrected chi connectivity index (χ3v) is 22.2. The highest BCUT2D eigenvalue weighted by Crippen LogP contribution is 2.43. The standard InChI is InChI=1S/C28H57N7O7Si3/c1-26(2,3)43(10,11)40-36-16-18-20(38-41-44(12,13)27(4,5)6)21(39-42-45(14,15)28(7,8)9)24(37-18)35-17-31-19-22(29)32-25(34-30)33-23(19)35/h17-18,20-21,24H,16,30H2,1-15H3,(H3,29,32,33,34)/t18-,20+,21-,24-/m1/s1. The number of nitrogens with one attached hydrogen (secondary N) is 1. The first kappa shape index (κ1) is 37.9. The lowest BCUT2D eigenvalue weighted by atomic mass is 10.1. The number of hydrazine groups is 1. The second-order valence-corrected chi connectivity index (χ2v) is 30.5. The topological polar surface area (TPSA) is 172 Å². The van der Waals surface area contributed by atoms with Gasteiger partial charge < -0.3 is 10.5 Å². The summed E-state index contributed by atoms with van der Waals surface area (Å²) in [5.74, 6) is 5.93. The lowest BCUT2D eigenvalue weighted by Gasteiger charge is -2.38. The fourth-order valence-electron chi connectivity index (χ4n) is 3.45. The third kappa shape index (κ3) is 8.32. The summed E-state index contributed by atoms with van der Waals surface area (Å²) in [5, 5.41) is -0.293. The molecule has 0 aromatic carbocycles. The molecule has 1 aliphatic heterocycles. The molecule has 258 valence electrons. The van der Waals surface area contributed by atoms with Gasteiger partial charge >= 0.3 is 0 Å². The predicted octanol–water partition coefficient (Wildman–Crippen LogP) is 6.19. The van der Waals surface area contributed by atoms with Crippen LogP contribution in [0.25, 0.3) is 11.2 Å². The summed E-state index contributed by atoms with van der Waals surface area (Å²) in [6, 6.07) is 0. The Kier molecular flexibility index (Phi) is 11.1. The molecule has 0 saturated carbocycles. The van der Waals surface area contributed by atoms with Crippen LogP contribution >= 0.6 is 0 Å². The second kappa shape index (κ2) is 13.2. The van der Waals surface area contributed by atoms with Gasteiger partial charge in [-0.05, 0) is 54.4 Å². The molecule has 3 heterocycles. The van der Waals surface area contributed by atoms with Gasteiger partial charge in [0.1, 0.15) is 18.2 Å². The van der Waals surface area contributed by atoms with E-state index >= 15 is 0 Å². The number of ether oxygens (including phenoxy) is 1. The fourth-order valence-corrected chi connectivity index (χ4v) is 5.26. The number of nitrogen functional groups attached to an aromatic ring is 2. The minimum Gasteiger partial charge on any atom is -0.382 e. The summed E-state index contributed by atoms with van der Waals surface area (Å²) in [6.07, 6.45) is -1.53. The van der Waals surface area contributed by atoms with Crippen molar-refractivity contribution in [3.63, 3.8) is 0 Å². The van der Waals surface area contributed by atoms with E-state index in [0.717, 1.165) is 0 Å². The maximum Gasteiger partial charge on any atom is 0.241 e. The second-order valence-electron chi connectivity index (χ2n) is 16.4. The van der Waals surface area contributed by atoms with Crippen LogP contribution in [0.5, 0.6) is 0 Å². The largest absolute Gasteiger partial charge is 0.382 e. The average Bonchev–Trinajstić information content (AvgIpc) is 3.45. The lowest BCUT2D eigenvalue weighted by Crippen LogP contribution is -2.48. The first-order chi connectivity index (χ1) is 20.3. The van der Waals surface area contributed by atoms with Crippen molar-refractivity contribution in [3.05, 3.63) is 6.33 Å². The van der Waals surface area contributed by atoms with Crippen LogP contribution < -0.4 is 17.0 Å². The highest BCUT2D eigenvalue weighted by Gasteiger charge is 2.53. The van der Waals surface area contributed by atoms with Crippen LogP contribution in [0.2, 0.25) is 54.4 Å². The Labute approximate surface area is 271 Å². The van der Waals surface area contributed by atoms with Crippen molar-refractivity contribution in [2.75, 3.05) is 17.8 Å². The number of anilines is 2. The molecule has 0 aliphatic carbocycles. The van der Waals surface area contributed by atoms with Gasteiger partial charge in [-0.1, -0.05) is 62.3 Å². The zero-order valence-electron chi connectivity index (χ0n) is 29.9. The molecule has 0 amide bonds. The normalized spacial score (nSPS) is 22.4. The van der Waals surface area contributed by atoms with Crippen LogP contribution in [-0.4, -0.2) is 69.4 Å². The van der Waals surface area contributed by atoms with Gasteiger partial charge in [0, 0.05) is 0 Å². The SMILES string of the molecule is CC(C)(C)[Si](C)(C)OOC[C@H]1O[C@@H](n2cnc3c(N)nc(NN)nc32)[C@H](OO[Si](C)(C)C(C)(C)C)[C@H]1OO[Si](C)(C)C(C)(C)C. The van der Waals surface area contributed by atoms with Crippen LogP contribution in [0.15, 0.2) is 6.33 Å². The number of fused-ring (bicyclic) bond motifs is 1. The van der Waals surface area contributed by atoms with E-state index in [1.54, 1.807) is 10.9 Å². The van der Waals surface area contributed by atoms with E-state index in [9.17, 15) is 0 Å².